The highest BCUT2D eigenvalue weighted by Gasteiger charge is 2.22. The van der Waals surface area contributed by atoms with E-state index in [1.807, 2.05) is 37.3 Å². The minimum atomic E-state index is -0.103. The second kappa shape index (κ2) is 6.13. The summed E-state index contributed by atoms with van der Waals surface area (Å²) in [4.78, 5) is 18.2. The number of carbonyl (C=O) groups excluding carboxylic acids is 1. The molecule has 0 aliphatic carbocycles. The maximum atomic E-state index is 12.5. The van der Waals surface area contributed by atoms with Crippen molar-refractivity contribution in [2.24, 2.45) is 0 Å². The normalized spacial score (nSPS) is 12.1. The van der Waals surface area contributed by atoms with Crippen LogP contribution in [-0.2, 0) is 11.3 Å². The van der Waals surface area contributed by atoms with Crippen molar-refractivity contribution in [3.63, 3.8) is 0 Å². The molecule has 0 fully saturated rings. The average molecular weight is 258 g/mol. The molecule has 1 heterocycles. The highest BCUT2D eigenvalue weighted by molar-refractivity contribution is 5.83. The molecule has 19 heavy (non-hydrogen) atoms. The molecule has 1 aromatic heterocycles. The topological polar surface area (TPSA) is 61.9 Å². The van der Waals surface area contributed by atoms with Crippen LogP contribution in [0.1, 0.15) is 30.7 Å². The Bertz CT molecular complexity index is 510. The maximum absolute atomic E-state index is 12.5. The number of benzene rings is 1. The number of aromatic amines is 1. The van der Waals surface area contributed by atoms with Crippen molar-refractivity contribution in [2.75, 3.05) is 7.05 Å². The van der Waals surface area contributed by atoms with Crippen molar-refractivity contribution in [2.45, 2.75) is 25.8 Å². The first kappa shape index (κ1) is 13.3. The van der Waals surface area contributed by atoms with Crippen LogP contribution >= 0.6 is 0 Å². The van der Waals surface area contributed by atoms with Gasteiger partial charge < -0.3 is 4.90 Å². The number of carbonyl (C=O) groups is 1. The quantitative estimate of drug-likeness (QED) is 0.891. The van der Waals surface area contributed by atoms with Gasteiger partial charge in [-0.15, -0.1) is 0 Å². The van der Waals surface area contributed by atoms with E-state index in [4.69, 9.17) is 0 Å². The summed E-state index contributed by atoms with van der Waals surface area (Å²) in [5, 5.41) is 6.55. The molecule has 1 atom stereocenters. The zero-order chi connectivity index (χ0) is 13.7. The number of nitrogens with one attached hydrogen (secondary N) is 1. The third-order valence-electron chi connectivity index (χ3n) is 3.14. The maximum Gasteiger partial charge on any atom is 0.230 e. The van der Waals surface area contributed by atoms with Gasteiger partial charge in [0, 0.05) is 7.05 Å². The van der Waals surface area contributed by atoms with Gasteiger partial charge >= 0.3 is 0 Å². The Morgan fingerprint density at radius 3 is 2.68 bits per heavy atom. The molecule has 1 aromatic carbocycles. The minimum Gasteiger partial charge on any atom is -0.338 e. The van der Waals surface area contributed by atoms with E-state index in [1.165, 1.54) is 6.33 Å². The lowest BCUT2D eigenvalue weighted by Crippen LogP contribution is -2.31. The van der Waals surface area contributed by atoms with E-state index in [2.05, 4.69) is 15.2 Å². The molecule has 1 amide bonds. The molecule has 0 saturated heterocycles. The number of likely N-dealkylation sites (N-methyl/N-ethyl adjacent to an activating group) is 1. The summed E-state index contributed by atoms with van der Waals surface area (Å²) < 4.78 is 0. The van der Waals surface area contributed by atoms with Crippen molar-refractivity contribution < 1.29 is 4.79 Å². The van der Waals surface area contributed by atoms with Crippen molar-refractivity contribution in [3.8, 4) is 0 Å². The molecule has 1 unspecified atom stereocenters. The van der Waals surface area contributed by atoms with Gasteiger partial charge in [-0.25, -0.2) is 4.98 Å². The summed E-state index contributed by atoms with van der Waals surface area (Å²) in [5.41, 5.74) is 1.06. The summed E-state index contributed by atoms with van der Waals surface area (Å²) in [6.07, 6.45) is 2.23. The van der Waals surface area contributed by atoms with Crippen LogP contribution in [0.15, 0.2) is 36.7 Å². The molecular weight excluding hydrogens is 240 g/mol. The second-order valence-corrected chi connectivity index (χ2v) is 4.50. The smallest absolute Gasteiger partial charge is 0.230 e. The van der Waals surface area contributed by atoms with Gasteiger partial charge in [-0.1, -0.05) is 37.3 Å². The van der Waals surface area contributed by atoms with E-state index >= 15 is 0 Å². The number of aromatic nitrogens is 3. The Morgan fingerprint density at radius 2 is 2.11 bits per heavy atom. The third kappa shape index (κ3) is 3.19. The molecule has 0 saturated carbocycles. The van der Waals surface area contributed by atoms with Crippen LogP contribution in [0.5, 0.6) is 0 Å². The van der Waals surface area contributed by atoms with Crippen molar-refractivity contribution in [3.05, 3.63) is 48.0 Å². The number of amides is 1. The Kier molecular flexibility index (Phi) is 4.28. The summed E-state index contributed by atoms with van der Waals surface area (Å²) in [6.45, 7) is 2.47. The molecule has 5 nitrogen and oxygen atoms in total. The Morgan fingerprint density at radius 1 is 1.37 bits per heavy atom. The number of hydrogen-bond acceptors (Lipinski definition) is 3. The Balaban J connectivity index is 2.08. The molecular formula is C14H18N4O. The first-order valence-corrected chi connectivity index (χ1v) is 6.36. The summed E-state index contributed by atoms with van der Waals surface area (Å²) in [7, 11) is 1.79. The lowest BCUT2D eigenvalue weighted by atomic mass is 9.95. The molecule has 0 aliphatic heterocycles. The molecule has 100 valence electrons. The van der Waals surface area contributed by atoms with Gasteiger partial charge in [0.25, 0.3) is 0 Å². The van der Waals surface area contributed by atoms with Crippen molar-refractivity contribution in [1.29, 1.82) is 0 Å². The van der Waals surface area contributed by atoms with E-state index in [0.717, 1.165) is 12.0 Å². The van der Waals surface area contributed by atoms with Crippen LogP contribution in [0.25, 0.3) is 0 Å². The van der Waals surface area contributed by atoms with Crippen LogP contribution in [-0.4, -0.2) is 33.0 Å². The van der Waals surface area contributed by atoms with Crippen LogP contribution < -0.4 is 0 Å². The molecule has 1 N–H and O–H groups in total. The van der Waals surface area contributed by atoms with Gasteiger partial charge in [-0.2, -0.15) is 5.10 Å². The van der Waals surface area contributed by atoms with E-state index in [0.29, 0.717) is 12.4 Å². The average Bonchev–Trinajstić information content (AvgIpc) is 2.93. The summed E-state index contributed by atoms with van der Waals surface area (Å²) in [5.74, 6) is 0.693. The fraction of sp³-hybridized carbons (Fsp3) is 0.357. The van der Waals surface area contributed by atoms with Gasteiger partial charge in [0.2, 0.25) is 5.91 Å². The highest BCUT2D eigenvalue weighted by Crippen LogP contribution is 2.21. The second-order valence-electron chi connectivity index (χ2n) is 4.50. The van der Waals surface area contributed by atoms with Crippen LogP contribution in [0.3, 0.4) is 0 Å². The van der Waals surface area contributed by atoms with E-state index in [9.17, 15) is 4.79 Å². The fourth-order valence-corrected chi connectivity index (χ4v) is 2.11. The fourth-order valence-electron chi connectivity index (χ4n) is 2.11. The predicted molar refractivity (Wildman–Crippen MR) is 72.3 cm³/mol. The standard InChI is InChI=1S/C14H18N4O/c1-3-12(11-7-5-4-6-8-11)14(19)18(2)9-13-15-10-16-17-13/h4-8,10,12H,3,9H2,1-2H3,(H,15,16,17). The van der Waals surface area contributed by atoms with Gasteiger partial charge in [0.15, 0.2) is 0 Å². The van der Waals surface area contributed by atoms with Crippen LogP contribution in [0, 0.1) is 0 Å². The van der Waals surface area contributed by atoms with E-state index in [-0.39, 0.29) is 11.8 Å². The largest absolute Gasteiger partial charge is 0.338 e. The zero-order valence-corrected chi connectivity index (χ0v) is 11.2. The SMILES string of the molecule is CCC(C(=O)N(C)Cc1ncn[nH]1)c1ccccc1. The molecule has 2 aromatic rings. The molecule has 0 bridgehead atoms. The molecule has 0 aliphatic rings. The van der Waals surface area contributed by atoms with Crippen molar-refractivity contribution >= 4 is 5.91 Å². The highest BCUT2D eigenvalue weighted by atomic mass is 16.2. The van der Waals surface area contributed by atoms with E-state index < -0.39 is 0 Å². The molecule has 0 radical (unpaired) electrons. The van der Waals surface area contributed by atoms with Crippen LogP contribution in [0.2, 0.25) is 0 Å². The lowest BCUT2D eigenvalue weighted by Gasteiger charge is -2.22. The first-order chi connectivity index (χ1) is 9.22. The summed E-state index contributed by atoms with van der Waals surface area (Å²) >= 11 is 0. The molecule has 5 heteroatoms. The van der Waals surface area contributed by atoms with Crippen molar-refractivity contribution in [1.82, 2.24) is 20.1 Å². The Hall–Kier alpha value is -2.17. The van der Waals surface area contributed by atoms with E-state index in [1.54, 1.807) is 11.9 Å². The predicted octanol–water partition coefficient (Wildman–Crippen LogP) is 1.96. The zero-order valence-electron chi connectivity index (χ0n) is 11.2. The number of rotatable bonds is 5. The summed E-state index contributed by atoms with van der Waals surface area (Å²) in [6, 6.07) is 9.87. The van der Waals surface area contributed by atoms with Gasteiger partial charge in [-0.3, -0.25) is 9.89 Å². The number of H-pyrrole nitrogens is 1. The minimum absolute atomic E-state index is 0.102. The van der Waals surface area contributed by atoms with Gasteiger partial charge in [0.05, 0.1) is 12.5 Å². The molecule has 0 spiro atoms. The van der Waals surface area contributed by atoms with Crippen LogP contribution in [0.4, 0.5) is 0 Å². The third-order valence-corrected chi connectivity index (χ3v) is 3.14. The number of hydrogen-bond donors (Lipinski definition) is 1. The lowest BCUT2D eigenvalue weighted by molar-refractivity contribution is -0.132. The number of nitrogens with zero attached hydrogens (tertiary/aromatic N) is 3. The molecule has 2 rings (SSSR count). The van der Waals surface area contributed by atoms with Gasteiger partial charge in [0.1, 0.15) is 12.2 Å². The Labute approximate surface area is 112 Å². The van der Waals surface area contributed by atoms with Gasteiger partial charge in [-0.05, 0) is 12.0 Å². The monoisotopic (exact) mass is 258 g/mol. The first-order valence-electron chi connectivity index (χ1n) is 6.36.